The molecule has 0 unspecified atom stereocenters. The first-order valence-electron chi connectivity index (χ1n) is 8.83. The van der Waals surface area contributed by atoms with E-state index in [1.807, 2.05) is 20.8 Å². The van der Waals surface area contributed by atoms with E-state index in [1.165, 1.54) is 6.07 Å². The molecule has 1 saturated heterocycles. The van der Waals surface area contributed by atoms with E-state index in [-0.39, 0.29) is 24.6 Å². The number of morpholine rings is 1. The lowest BCUT2D eigenvalue weighted by atomic mass is 10.2. The van der Waals surface area contributed by atoms with Gasteiger partial charge in [-0.15, -0.1) is 5.10 Å². The van der Waals surface area contributed by atoms with Crippen LogP contribution in [0.1, 0.15) is 25.2 Å². The van der Waals surface area contributed by atoms with Gasteiger partial charge in [-0.1, -0.05) is 22.9 Å². The molecular weight excluding hydrogens is 371 g/mol. The molecule has 0 spiro atoms. The number of anilines is 1. The topological polar surface area (TPSA) is 69.0 Å². The van der Waals surface area contributed by atoms with Crippen LogP contribution in [-0.4, -0.2) is 50.3 Å². The molecule has 0 aliphatic carbocycles. The first-order chi connectivity index (χ1) is 12.9. The predicted octanol–water partition coefficient (Wildman–Crippen LogP) is 2.98. The molecular formula is C18H20ClFN6O. The second-order valence-corrected chi connectivity index (χ2v) is 7.28. The van der Waals surface area contributed by atoms with Crippen LogP contribution in [0.5, 0.6) is 0 Å². The minimum atomic E-state index is -0.381. The number of ether oxygens (including phenoxy) is 1. The highest BCUT2D eigenvalue weighted by Crippen LogP contribution is 2.26. The van der Waals surface area contributed by atoms with E-state index >= 15 is 0 Å². The van der Waals surface area contributed by atoms with Gasteiger partial charge in [0.1, 0.15) is 11.6 Å². The molecule has 2 aromatic heterocycles. The van der Waals surface area contributed by atoms with Gasteiger partial charge in [-0.25, -0.2) is 19.0 Å². The van der Waals surface area contributed by atoms with E-state index in [1.54, 1.807) is 16.8 Å². The van der Waals surface area contributed by atoms with Crippen LogP contribution in [0.4, 0.5) is 10.2 Å². The zero-order valence-corrected chi connectivity index (χ0v) is 16.1. The van der Waals surface area contributed by atoms with E-state index in [9.17, 15) is 4.39 Å². The standard InChI is InChI=1S/C18H20ClFN6O/c1-10-7-25(8-11(2)27-10)17-16-18(22-12(3)21-17)26(24-23-16)9-13-14(19)5-4-6-15(13)20/h4-6,10-11H,7-9H2,1-3H3/t10-,11-/m0/s1. The predicted molar refractivity (Wildman–Crippen MR) is 101 cm³/mol. The van der Waals surface area contributed by atoms with E-state index in [0.29, 0.717) is 40.7 Å². The van der Waals surface area contributed by atoms with Crippen molar-refractivity contribution < 1.29 is 9.13 Å². The average molecular weight is 391 g/mol. The maximum absolute atomic E-state index is 14.2. The zero-order valence-electron chi connectivity index (χ0n) is 15.4. The monoisotopic (exact) mass is 390 g/mol. The summed E-state index contributed by atoms with van der Waals surface area (Å²) in [5.74, 6) is 0.950. The van der Waals surface area contributed by atoms with Crippen LogP contribution in [0.2, 0.25) is 5.02 Å². The lowest BCUT2D eigenvalue weighted by molar-refractivity contribution is -0.00539. The highest BCUT2D eigenvalue weighted by atomic mass is 35.5. The molecule has 0 radical (unpaired) electrons. The van der Waals surface area contributed by atoms with Crippen molar-refractivity contribution in [2.75, 3.05) is 18.0 Å². The van der Waals surface area contributed by atoms with Gasteiger partial charge < -0.3 is 9.64 Å². The van der Waals surface area contributed by atoms with Crippen LogP contribution in [0.25, 0.3) is 11.2 Å². The Morgan fingerprint density at radius 1 is 1.22 bits per heavy atom. The van der Waals surface area contributed by atoms with Gasteiger partial charge in [0.05, 0.1) is 18.8 Å². The maximum Gasteiger partial charge on any atom is 0.184 e. The van der Waals surface area contributed by atoms with Crippen LogP contribution in [0.3, 0.4) is 0 Å². The van der Waals surface area contributed by atoms with Gasteiger partial charge in [-0.3, -0.25) is 0 Å². The number of nitrogens with zero attached hydrogens (tertiary/aromatic N) is 6. The third kappa shape index (κ3) is 3.46. The molecule has 1 aliphatic rings. The van der Waals surface area contributed by atoms with Crippen molar-refractivity contribution in [2.45, 2.75) is 39.5 Å². The molecule has 2 atom stereocenters. The summed E-state index contributed by atoms with van der Waals surface area (Å²) >= 11 is 6.16. The molecule has 1 fully saturated rings. The number of hydrogen-bond donors (Lipinski definition) is 0. The van der Waals surface area contributed by atoms with Crippen LogP contribution >= 0.6 is 11.6 Å². The molecule has 0 amide bonds. The lowest BCUT2D eigenvalue weighted by Crippen LogP contribution is -2.46. The Balaban J connectivity index is 1.76. The SMILES string of the molecule is Cc1nc(N2C[C@H](C)O[C@@H](C)C2)c2nnn(Cc3c(F)cccc3Cl)c2n1. The van der Waals surface area contributed by atoms with Crippen molar-refractivity contribution in [3.8, 4) is 0 Å². The van der Waals surface area contributed by atoms with Crippen molar-refractivity contribution in [1.29, 1.82) is 0 Å². The molecule has 0 N–H and O–H groups in total. The molecule has 1 aliphatic heterocycles. The van der Waals surface area contributed by atoms with Crippen molar-refractivity contribution >= 4 is 28.6 Å². The van der Waals surface area contributed by atoms with E-state index in [4.69, 9.17) is 16.3 Å². The number of halogens is 2. The number of hydrogen-bond acceptors (Lipinski definition) is 6. The highest BCUT2D eigenvalue weighted by molar-refractivity contribution is 6.31. The second kappa shape index (κ2) is 7.01. The van der Waals surface area contributed by atoms with Crippen LogP contribution in [0, 0.1) is 12.7 Å². The summed E-state index contributed by atoms with van der Waals surface area (Å²) in [6, 6.07) is 4.61. The first kappa shape index (κ1) is 18.1. The van der Waals surface area contributed by atoms with E-state index in [2.05, 4.69) is 25.2 Å². The average Bonchev–Trinajstić information content (AvgIpc) is 2.99. The Morgan fingerprint density at radius 2 is 1.96 bits per heavy atom. The van der Waals surface area contributed by atoms with Gasteiger partial charge in [0.25, 0.3) is 0 Å². The minimum absolute atomic E-state index is 0.0892. The van der Waals surface area contributed by atoms with Crippen molar-refractivity contribution in [2.24, 2.45) is 0 Å². The molecule has 3 heterocycles. The molecule has 27 heavy (non-hydrogen) atoms. The summed E-state index contributed by atoms with van der Waals surface area (Å²) in [6.45, 7) is 7.46. The Labute approximate surface area is 161 Å². The van der Waals surface area contributed by atoms with Gasteiger partial charge in [0.2, 0.25) is 0 Å². The highest BCUT2D eigenvalue weighted by Gasteiger charge is 2.27. The number of fused-ring (bicyclic) bond motifs is 1. The summed E-state index contributed by atoms with van der Waals surface area (Å²) in [4.78, 5) is 11.2. The third-order valence-corrected chi connectivity index (χ3v) is 4.90. The quantitative estimate of drug-likeness (QED) is 0.684. The number of aryl methyl sites for hydroxylation is 1. The smallest absolute Gasteiger partial charge is 0.184 e. The summed E-state index contributed by atoms with van der Waals surface area (Å²) in [6.07, 6.45) is 0.178. The molecule has 3 aromatic rings. The van der Waals surface area contributed by atoms with Crippen molar-refractivity contribution in [1.82, 2.24) is 25.0 Å². The van der Waals surface area contributed by atoms with Crippen LogP contribution in [-0.2, 0) is 11.3 Å². The van der Waals surface area contributed by atoms with Gasteiger partial charge in [-0.05, 0) is 32.9 Å². The number of benzene rings is 1. The third-order valence-electron chi connectivity index (χ3n) is 4.54. The van der Waals surface area contributed by atoms with Gasteiger partial charge in [-0.2, -0.15) is 0 Å². The lowest BCUT2D eigenvalue weighted by Gasteiger charge is -2.36. The van der Waals surface area contributed by atoms with E-state index < -0.39 is 0 Å². The first-order valence-corrected chi connectivity index (χ1v) is 9.21. The minimum Gasteiger partial charge on any atom is -0.372 e. The fraction of sp³-hybridized carbons (Fsp3) is 0.444. The largest absolute Gasteiger partial charge is 0.372 e. The molecule has 0 bridgehead atoms. The van der Waals surface area contributed by atoms with Gasteiger partial charge in [0.15, 0.2) is 17.0 Å². The van der Waals surface area contributed by atoms with Crippen LogP contribution in [0.15, 0.2) is 18.2 Å². The molecule has 1 aromatic carbocycles. The second-order valence-electron chi connectivity index (χ2n) is 6.88. The van der Waals surface area contributed by atoms with Gasteiger partial charge >= 0.3 is 0 Å². The Hall–Kier alpha value is -2.32. The summed E-state index contributed by atoms with van der Waals surface area (Å²) < 4.78 is 21.5. The Morgan fingerprint density at radius 3 is 2.67 bits per heavy atom. The zero-order chi connectivity index (χ0) is 19.1. The van der Waals surface area contributed by atoms with Crippen molar-refractivity contribution in [3.63, 3.8) is 0 Å². The summed E-state index contributed by atoms with van der Waals surface area (Å²) in [7, 11) is 0. The van der Waals surface area contributed by atoms with Crippen molar-refractivity contribution in [3.05, 3.63) is 40.4 Å². The Bertz CT molecular complexity index is 963. The number of aromatic nitrogens is 5. The van der Waals surface area contributed by atoms with Crippen LogP contribution < -0.4 is 4.90 Å². The summed E-state index contributed by atoms with van der Waals surface area (Å²) in [5, 5.41) is 8.82. The Kier molecular flexibility index (Phi) is 4.69. The maximum atomic E-state index is 14.2. The fourth-order valence-corrected chi connectivity index (χ4v) is 3.68. The van der Waals surface area contributed by atoms with Gasteiger partial charge in [0, 0.05) is 23.7 Å². The molecule has 4 rings (SSSR count). The normalized spacial score (nSPS) is 20.4. The number of rotatable bonds is 3. The summed E-state index contributed by atoms with van der Waals surface area (Å²) in [5.41, 5.74) is 1.51. The molecule has 142 valence electrons. The molecule has 0 saturated carbocycles. The molecule has 9 heteroatoms. The molecule has 7 nitrogen and oxygen atoms in total. The fourth-order valence-electron chi connectivity index (χ4n) is 3.46. The van der Waals surface area contributed by atoms with E-state index in [0.717, 1.165) is 5.82 Å².